The van der Waals surface area contributed by atoms with Gasteiger partial charge in [-0.2, -0.15) is 5.26 Å². The van der Waals surface area contributed by atoms with Gasteiger partial charge in [-0.15, -0.1) is 0 Å². The summed E-state index contributed by atoms with van der Waals surface area (Å²) in [6.07, 6.45) is 2.15. The van der Waals surface area contributed by atoms with Gasteiger partial charge < -0.3 is 4.74 Å². The predicted molar refractivity (Wildman–Crippen MR) is 91.4 cm³/mol. The molecule has 0 amide bonds. The standard InChI is InChI=1S/C20H21FN2O/c1-24-20-6-3-15(4-7-20)16-8-10-23(11-9-16)14-18-12-19(21)5-2-17(18)13-22/h2-7,12,16H,8-11,14H2,1H3. The zero-order valence-corrected chi connectivity index (χ0v) is 13.8. The molecule has 3 rings (SSSR count). The van der Waals surface area contributed by atoms with E-state index in [9.17, 15) is 9.65 Å². The average molecular weight is 324 g/mol. The van der Waals surface area contributed by atoms with Gasteiger partial charge in [-0.1, -0.05) is 12.1 Å². The molecule has 124 valence electrons. The van der Waals surface area contributed by atoms with Crippen LogP contribution < -0.4 is 4.74 Å². The smallest absolute Gasteiger partial charge is 0.123 e. The molecule has 24 heavy (non-hydrogen) atoms. The lowest BCUT2D eigenvalue weighted by Gasteiger charge is -2.32. The third-order valence-electron chi connectivity index (χ3n) is 4.76. The maximum atomic E-state index is 13.4. The first-order valence-electron chi connectivity index (χ1n) is 8.24. The largest absolute Gasteiger partial charge is 0.497 e. The SMILES string of the molecule is COc1ccc(C2CCN(Cc3cc(F)ccc3C#N)CC2)cc1. The van der Waals surface area contributed by atoms with Crippen molar-refractivity contribution >= 4 is 0 Å². The summed E-state index contributed by atoms with van der Waals surface area (Å²) in [4.78, 5) is 2.30. The Kier molecular flexibility index (Phi) is 5.12. The fourth-order valence-electron chi connectivity index (χ4n) is 3.34. The first-order valence-corrected chi connectivity index (χ1v) is 8.24. The van der Waals surface area contributed by atoms with Gasteiger partial charge in [0.1, 0.15) is 11.6 Å². The van der Waals surface area contributed by atoms with Crippen molar-refractivity contribution in [2.75, 3.05) is 20.2 Å². The lowest BCUT2D eigenvalue weighted by atomic mass is 9.89. The Bertz CT molecular complexity index is 728. The first-order chi connectivity index (χ1) is 11.7. The van der Waals surface area contributed by atoms with Crippen LogP contribution in [-0.2, 0) is 6.54 Å². The summed E-state index contributed by atoms with van der Waals surface area (Å²) in [6, 6.07) is 14.8. The number of benzene rings is 2. The van der Waals surface area contributed by atoms with E-state index in [2.05, 4.69) is 23.1 Å². The summed E-state index contributed by atoms with van der Waals surface area (Å²) >= 11 is 0. The van der Waals surface area contributed by atoms with Crippen LogP contribution in [0.2, 0.25) is 0 Å². The van der Waals surface area contributed by atoms with Crippen molar-refractivity contribution in [1.29, 1.82) is 5.26 Å². The van der Waals surface area contributed by atoms with Crippen molar-refractivity contribution in [3.63, 3.8) is 0 Å². The molecule has 0 radical (unpaired) electrons. The summed E-state index contributed by atoms with van der Waals surface area (Å²) < 4.78 is 18.7. The van der Waals surface area contributed by atoms with E-state index >= 15 is 0 Å². The lowest BCUT2D eigenvalue weighted by Crippen LogP contribution is -2.32. The zero-order chi connectivity index (χ0) is 16.9. The predicted octanol–water partition coefficient (Wildman–Crippen LogP) is 4.09. The molecular formula is C20H21FN2O. The quantitative estimate of drug-likeness (QED) is 0.850. The van der Waals surface area contributed by atoms with Crippen LogP contribution in [0.25, 0.3) is 0 Å². The van der Waals surface area contributed by atoms with Gasteiger partial charge in [0.2, 0.25) is 0 Å². The fourth-order valence-corrected chi connectivity index (χ4v) is 3.34. The van der Waals surface area contributed by atoms with Crippen molar-refractivity contribution in [3.8, 4) is 11.8 Å². The van der Waals surface area contributed by atoms with E-state index in [1.807, 2.05) is 12.1 Å². The lowest BCUT2D eigenvalue weighted by molar-refractivity contribution is 0.204. The van der Waals surface area contributed by atoms with Crippen molar-refractivity contribution in [2.45, 2.75) is 25.3 Å². The van der Waals surface area contributed by atoms with Crippen LogP contribution in [0.15, 0.2) is 42.5 Å². The van der Waals surface area contributed by atoms with Crippen LogP contribution in [-0.4, -0.2) is 25.1 Å². The minimum Gasteiger partial charge on any atom is -0.497 e. The van der Waals surface area contributed by atoms with E-state index < -0.39 is 0 Å². The average Bonchev–Trinajstić information content (AvgIpc) is 2.63. The minimum atomic E-state index is -0.280. The number of likely N-dealkylation sites (tertiary alicyclic amines) is 1. The Labute approximate surface area is 142 Å². The molecule has 1 aliphatic heterocycles. The molecule has 0 N–H and O–H groups in total. The van der Waals surface area contributed by atoms with Crippen molar-refractivity contribution in [2.24, 2.45) is 0 Å². The summed E-state index contributed by atoms with van der Waals surface area (Å²) in [6.45, 7) is 2.55. The molecule has 0 aliphatic carbocycles. The molecular weight excluding hydrogens is 303 g/mol. The Hall–Kier alpha value is -2.38. The number of nitrogens with zero attached hydrogens (tertiary/aromatic N) is 2. The summed E-state index contributed by atoms with van der Waals surface area (Å²) in [5.41, 5.74) is 2.69. The van der Waals surface area contributed by atoms with Gasteiger partial charge in [0.25, 0.3) is 0 Å². The normalized spacial score (nSPS) is 15.9. The molecule has 0 saturated carbocycles. The number of nitriles is 1. The molecule has 1 heterocycles. The molecule has 0 aromatic heterocycles. The molecule has 2 aromatic carbocycles. The highest BCUT2D eigenvalue weighted by atomic mass is 19.1. The Morgan fingerprint density at radius 2 is 1.88 bits per heavy atom. The number of ether oxygens (including phenoxy) is 1. The highest BCUT2D eigenvalue weighted by Crippen LogP contribution is 2.30. The van der Waals surface area contributed by atoms with Crippen molar-refractivity contribution in [1.82, 2.24) is 4.90 Å². The number of piperidine rings is 1. The van der Waals surface area contributed by atoms with Crippen LogP contribution in [0.5, 0.6) is 5.75 Å². The summed E-state index contributed by atoms with van der Waals surface area (Å²) in [5, 5.41) is 9.17. The first kappa shape index (κ1) is 16.5. The Morgan fingerprint density at radius 3 is 2.50 bits per heavy atom. The van der Waals surface area contributed by atoms with E-state index in [0.29, 0.717) is 18.0 Å². The van der Waals surface area contributed by atoms with Gasteiger partial charge in [-0.3, -0.25) is 4.90 Å². The van der Waals surface area contributed by atoms with Crippen LogP contribution in [0.3, 0.4) is 0 Å². The third kappa shape index (κ3) is 3.74. The molecule has 1 aliphatic rings. The fraction of sp³-hybridized carbons (Fsp3) is 0.350. The van der Waals surface area contributed by atoms with Gasteiger partial charge >= 0.3 is 0 Å². The van der Waals surface area contributed by atoms with E-state index in [1.54, 1.807) is 13.2 Å². The molecule has 1 fully saturated rings. The number of rotatable bonds is 4. The van der Waals surface area contributed by atoms with Gasteiger partial charge in [0, 0.05) is 6.54 Å². The highest BCUT2D eigenvalue weighted by molar-refractivity contribution is 5.38. The summed E-state index contributed by atoms with van der Waals surface area (Å²) in [7, 11) is 1.68. The number of methoxy groups -OCH3 is 1. The molecule has 2 aromatic rings. The van der Waals surface area contributed by atoms with E-state index in [-0.39, 0.29) is 5.82 Å². The van der Waals surface area contributed by atoms with Crippen LogP contribution >= 0.6 is 0 Å². The third-order valence-corrected chi connectivity index (χ3v) is 4.76. The molecule has 0 bridgehead atoms. The van der Waals surface area contributed by atoms with Crippen LogP contribution in [0.4, 0.5) is 4.39 Å². The van der Waals surface area contributed by atoms with Gasteiger partial charge in [0.15, 0.2) is 0 Å². The maximum Gasteiger partial charge on any atom is 0.123 e. The Morgan fingerprint density at radius 1 is 1.17 bits per heavy atom. The number of halogens is 1. The minimum absolute atomic E-state index is 0.280. The van der Waals surface area contributed by atoms with E-state index in [4.69, 9.17) is 4.74 Å². The maximum absolute atomic E-state index is 13.4. The Balaban J connectivity index is 1.61. The second kappa shape index (κ2) is 7.46. The van der Waals surface area contributed by atoms with Gasteiger partial charge in [-0.05, 0) is 73.3 Å². The van der Waals surface area contributed by atoms with Crippen LogP contribution in [0.1, 0.15) is 35.4 Å². The van der Waals surface area contributed by atoms with Gasteiger partial charge in [0.05, 0.1) is 18.7 Å². The second-order valence-electron chi connectivity index (χ2n) is 6.24. The topological polar surface area (TPSA) is 36.3 Å². The molecule has 0 unspecified atom stereocenters. The van der Waals surface area contributed by atoms with Crippen molar-refractivity contribution < 1.29 is 9.13 Å². The zero-order valence-electron chi connectivity index (χ0n) is 13.8. The van der Waals surface area contributed by atoms with Gasteiger partial charge in [-0.25, -0.2) is 4.39 Å². The number of hydrogen-bond acceptors (Lipinski definition) is 3. The molecule has 0 spiro atoms. The van der Waals surface area contributed by atoms with Crippen molar-refractivity contribution in [3.05, 3.63) is 65.0 Å². The van der Waals surface area contributed by atoms with E-state index in [0.717, 1.165) is 37.2 Å². The molecule has 1 saturated heterocycles. The second-order valence-corrected chi connectivity index (χ2v) is 6.24. The van der Waals surface area contributed by atoms with E-state index in [1.165, 1.54) is 17.7 Å². The number of hydrogen-bond donors (Lipinski definition) is 0. The molecule has 0 atom stereocenters. The highest BCUT2D eigenvalue weighted by Gasteiger charge is 2.21. The monoisotopic (exact) mass is 324 g/mol. The molecule has 4 heteroatoms. The summed E-state index contributed by atoms with van der Waals surface area (Å²) in [5.74, 6) is 1.15. The van der Waals surface area contributed by atoms with Crippen LogP contribution in [0, 0.1) is 17.1 Å². The molecule has 3 nitrogen and oxygen atoms in total.